The van der Waals surface area contributed by atoms with Gasteiger partial charge in [0.15, 0.2) is 5.60 Å². The molecule has 0 aliphatic carbocycles. The second kappa shape index (κ2) is 3.46. The highest BCUT2D eigenvalue weighted by Gasteiger charge is 2.45. The van der Waals surface area contributed by atoms with Gasteiger partial charge in [-0.25, -0.2) is 8.78 Å². The van der Waals surface area contributed by atoms with Gasteiger partial charge in [0.05, 0.1) is 0 Å². The molecule has 0 amide bonds. The van der Waals surface area contributed by atoms with E-state index in [1.807, 2.05) is 0 Å². The van der Waals surface area contributed by atoms with Crippen LogP contribution in [0, 0.1) is 0 Å². The lowest BCUT2D eigenvalue weighted by Gasteiger charge is -2.40. The number of hydrogen-bond donors (Lipinski definition) is 1. The van der Waals surface area contributed by atoms with Gasteiger partial charge in [-0.15, -0.1) is 12.4 Å². The summed E-state index contributed by atoms with van der Waals surface area (Å²) < 4.78 is 28.6. The molecule has 2 nitrogen and oxygen atoms in total. The third kappa shape index (κ3) is 1.38. The van der Waals surface area contributed by atoms with Crippen LogP contribution in [0.5, 0.6) is 0 Å². The average molecular weight is 174 g/mol. The van der Waals surface area contributed by atoms with Gasteiger partial charge in [-0.05, 0) is 0 Å². The summed E-state index contributed by atoms with van der Waals surface area (Å²) in [7, 11) is 1.31. The van der Waals surface area contributed by atoms with Gasteiger partial charge in [0.2, 0.25) is 0 Å². The molecule has 5 heteroatoms. The van der Waals surface area contributed by atoms with E-state index in [0.29, 0.717) is 0 Å². The molecule has 0 atom stereocenters. The van der Waals surface area contributed by atoms with Gasteiger partial charge in [-0.3, -0.25) is 0 Å². The van der Waals surface area contributed by atoms with E-state index in [1.165, 1.54) is 7.11 Å². The molecule has 1 saturated heterocycles. The third-order valence-corrected chi connectivity index (χ3v) is 1.65. The molecule has 1 N–H and O–H groups in total. The van der Waals surface area contributed by atoms with Crippen LogP contribution in [0.25, 0.3) is 0 Å². The number of ether oxygens (including phenoxy) is 1. The molecule has 1 rings (SSSR count). The minimum absolute atomic E-state index is 0. The summed E-state index contributed by atoms with van der Waals surface area (Å²) >= 11 is 0. The van der Waals surface area contributed by atoms with E-state index in [0.717, 1.165) is 0 Å². The predicted octanol–water partition coefficient (Wildman–Crippen LogP) is 0.662. The quantitative estimate of drug-likeness (QED) is 0.663. The Labute approximate surface area is 64.3 Å². The number of halogens is 3. The Bertz CT molecular complexity index is 102. The van der Waals surface area contributed by atoms with Crippen molar-refractivity contribution in [3.63, 3.8) is 0 Å². The van der Waals surface area contributed by atoms with Crippen molar-refractivity contribution in [1.29, 1.82) is 0 Å². The SMILES string of the molecule is COC1(C(F)F)CNC1.Cl. The smallest absolute Gasteiger partial charge is 0.269 e. The van der Waals surface area contributed by atoms with Crippen LogP contribution in [0.4, 0.5) is 8.78 Å². The van der Waals surface area contributed by atoms with Crippen LogP contribution in [0.15, 0.2) is 0 Å². The van der Waals surface area contributed by atoms with Crippen LogP contribution >= 0.6 is 12.4 Å². The Morgan fingerprint density at radius 1 is 1.50 bits per heavy atom. The van der Waals surface area contributed by atoms with Gasteiger partial charge in [0.1, 0.15) is 0 Å². The number of nitrogens with one attached hydrogen (secondary N) is 1. The van der Waals surface area contributed by atoms with Gasteiger partial charge in [0.25, 0.3) is 6.43 Å². The first-order valence-corrected chi connectivity index (χ1v) is 2.75. The molecule has 1 aliphatic heterocycles. The first-order valence-electron chi connectivity index (χ1n) is 2.75. The summed E-state index contributed by atoms with van der Waals surface area (Å²) in [4.78, 5) is 0. The largest absolute Gasteiger partial charge is 0.370 e. The lowest BCUT2D eigenvalue weighted by Crippen LogP contribution is -2.64. The van der Waals surface area contributed by atoms with Crippen LogP contribution in [0.3, 0.4) is 0 Å². The van der Waals surface area contributed by atoms with Crippen molar-refractivity contribution in [3.05, 3.63) is 0 Å². The fourth-order valence-electron chi connectivity index (χ4n) is 0.759. The highest BCUT2D eigenvalue weighted by atomic mass is 35.5. The van der Waals surface area contributed by atoms with Gasteiger partial charge >= 0.3 is 0 Å². The predicted molar refractivity (Wildman–Crippen MR) is 35.9 cm³/mol. The van der Waals surface area contributed by atoms with Crippen LogP contribution in [0.2, 0.25) is 0 Å². The molecule has 0 aromatic heterocycles. The van der Waals surface area contributed by atoms with Gasteiger partial charge in [0, 0.05) is 20.2 Å². The monoisotopic (exact) mass is 173 g/mol. The molecule has 0 aromatic carbocycles. The maximum Gasteiger partial charge on any atom is 0.269 e. The molecule has 0 bridgehead atoms. The van der Waals surface area contributed by atoms with Crippen molar-refractivity contribution in [1.82, 2.24) is 5.32 Å². The van der Waals surface area contributed by atoms with Crippen molar-refractivity contribution >= 4 is 12.4 Å². The van der Waals surface area contributed by atoms with Crippen LogP contribution in [-0.2, 0) is 4.74 Å². The van der Waals surface area contributed by atoms with E-state index in [2.05, 4.69) is 10.1 Å². The summed E-state index contributed by atoms with van der Waals surface area (Å²) in [6.07, 6.45) is -2.37. The third-order valence-electron chi connectivity index (χ3n) is 1.65. The van der Waals surface area contributed by atoms with Gasteiger partial charge < -0.3 is 10.1 Å². The van der Waals surface area contributed by atoms with Crippen molar-refractivity contribution in [2.45, 2.75) is 12.0 Å². The fraction of sp³-hybridized carbons (Fsp3) is 1.00. The summed E-state index contributed by atoms with van der Waals surface area (Å²) in [6, 6.07) is 0. The molecule has 0 saturated carbocycles. The molecular weight excluding hydrogens is 164 g/mol. The van der Waals surface area contributed by atoms with E-state index in [-0.39, 0.29) is 25.5 Å². The summed E-state index contributed by atoms with van der Waals surface area (Å²) in [5.41, 5.74) is -1.18. The van der Waals surface area contributed by atoms with E-state index in [9.17, 15) is 8.78 Å². The fourth-order valence-corrected chi connectivity index (χ4v) is 0.759. The normalized spacial score (nSPS) is 21.6. The topological polar surface area (TPSA) is 21.3 Å². The molecule has 10 heavy (non-hydrogen) atoms. The summed E-state index contributed by atoms with van der Waals surface area (Å²) in [6.45, 7) is 0.530. The molecule has 62 valence electrons. The van der Waals surface area contributed by atoms with Crippen LogP contribution < -0.4 is 5.32 Å². The number of hydrogen-bond acceptors (Lipinski definition) is 2. The van der Waals surface area contributed by atoms with Crippen molar-refractivity contribution in [2.24, 2.45) is 0 Å². The second-order valence-corrected chi connectivity index (χ2v) is 2.17. The van der Waals surface area contributed by atoms with Gasteiger partial charge in [-0.2, -0.15) is 0 Å². The lowest BCUT2D eigenvalue weighted by molar-refractivity contribution is -0.148. The second-order valence-electron chi connectivity index (χ2n) is 2.17. The standard InChI is InChI=1S/C5H9F2NO.ClH/c1-9-5(4(6)7)2-8-3-5;/h4,8H,2-3H2,1H3;1H. The Kier molecular flexibility index (Phi) is 3.48. The Balaban J connectivity index is 0.000000810. The maximum atomic E-state index is 12.0. The highest BCUT2D eigenvalue weighted by Crippen LogP contribution is 2.23. The molecule has 0 radical (unpaired) electrons. The maximum absolute atomic E-state index is 12.0. The van der Waals surface area contributed by atoms with Crippen molar-refractivity contribution < 1.29 is 13.5 Å². The molecular formula is C5H10ClF2NO. The lowest BCUT2D eigenvalue weighted by atomic mass is 9.98. The minimum Gasteiger partial charge on any atom is -0.370 e. The summed E-state index contributed by atoms with van der Waals surface area (Å²) in [5, 5.41) is 2.73. The number of rotatable bonds is 2. The molecule has 1 aliphatic rings. The zero-order chi connectivity index (χ0) is 6.91. The van der Waals surface area contributed by atoms with E-state index < -0.39 is 12.0 Å². The molecule has 0 aromatic rings. The van der Waals surface area contributed by atoms with Crippen LogP contribution in [-0.4, -0.2) is 32.2 Å². The number of alkyl halides is 2. The Morgan fingerprint density at radius 2 is 2.00 bits per heavy atom. The van der Waals surface area contributed by atoms with E-state index in [4.69, 9.17) is 0 Å². The number of methoxy groups -OCH3 is 1. The molecule has 1 fully saturated rings. The Morgan fingerprint density at radius 3 is 2.00 bits per heavy atom. The minimum atomic E-state index is -2.37. The highest BCUT2D eigenvalue weighted by molar-refractivity contribution is 5.85. The van der Waals surface area contributed by atoms with Crippen LogP contribution in [0.1, 0.15) is 0 Å². The molecule has 0 unspecified atom stereocenters. The van der Waals surface area contributed by atoms with Crippen molar-refractivity contribution in [2.75, 3.05) is 20.2 Å². The average Bonchev–Trinajstić information content (AvgIpc) is 1.62. The van der Waals surface area contributed by atoms with E-state index >= 15 is 0 Å². The van der Waals surface area contributed by atoms with Gasteiger partial charge in [-0.1, -0.05) is 0 Å². The summed E-state index contributed by atoms with van der Waals surface area (Å²) in [5.74, 6) is 0. The first-order chi connectivity index (χ1) is 4.21. The van der Waals surface area contributed by atoms with Crippen molar-refractivity contribution in [3.8, 4) is 0 Å². The first kappa shape index (κ1) is 10.1. The zero-order valence-corrected chi connectivity index (χ0v) is 6.38. The zero-order valence-electron chi connectivity index (χ0n) is 5.56. The molecule has 1 heterocycles. The van der Waals surface area contributed by atoms with E-state index in [1.54, 1.807) is 0 Å². The Hall–Kier alpha value is 0.0700. The molecule has 0 spiro atoms.